The Labute approximate surface area is 185 Å². The number of nitrogens with one attached hydrogen (secondary N) is 2. The van der Waals surface area contributed by atoms with Crippen LogP contribution in [0.1, 0.15) is 28.9 Å². The Morgan fingerprint density at radius 1 is 1.09 bits per heavy atom. The van der Waals surface area contributed by atoms with E-state index in [9.17, 15) is 4.79 Å². The molecule has 0 fully saturated rings. The van der Waals surface area contributed by atoms with E-state index in [-0.39, 0.29) is 17.4 Å². The minimum absolute atomic E-state index is 0.0431. The molecule has 164 valence electrons. The van der Waals surface area contributed by atoms with Crippen molar-refractivity contribution in [1.29, 1.82) is 0 Å². The number of carbonyl (C=O) groups excluding carboxylic acids is 1. The highest BCUT2D eigenvalue weighted by atomic mass is 16.5. The molecule has 0 saturated heterocycles. The van der Waals surface area contributed by atoms with Crippen LogP contribution >= 0.6 is 0 Å². The summed E-state index contributed by atoms with van der Waals surface area (Å²) in [7, 11) is 3.13. The van der Waals surface area contributed by atoms with E-state index in [1.54, 1.807) is 49.2 Å². The van der Waals surface area contributed by atoms with E-state index in [0.717, 1.165) is 5.56 Å². The lowest BCUT2D eigenvalue weighted by atomic mass is 10.1. The lowest BCUT2D eigenvalue weighted by Gasteiger charge is -2.19. The van der Waals surface area contributed by atoms with Crippen molar-refractivity contribution in [2.24, 2.45) is 5.73 Å². The van der Waals surface area contributed by atoms with Crippen molar-refractivity contribution >= 4 is 29.0 Å². The molecule has 0 spiro atoms. The maximum atomic E-state index is 12.3. The fourth-order valence-corrected chi connectivity index (χ4v) is 3.44. The van der Waals surface area contributed by atoms with E-state index < -0.39 is 5.91 Å². The van der Waals surface area contributed by atoms with Crippen molar-refractivity contribution in [3.8, 4) is 11.5 Å². The first kappa shape index (κ1) is 21.0. The topological polar surface area (TPSA) is 116 Å². The molecule has 0 aliphatic heterocycles. The summed E-state index contributed by atoms with van der Waals surface area (Å²) in [5.74, 6) is 1.31. The first-order chi connectivity index (χ1) is 15.5. The van der Waals surface area contributed by atoms with Gasteiger partial charge in [0, 0.05) is 36.3 Å². The largest absolute Gasteiger partial charge is 0.497 e. The molecule has 0 bridgehead atoms. The van der Waals surface area contributed by atoms with Crippen LogP contribution in [0.5, 0.6) is 11.5 Å². The fraction of sp³-hybridized carbons (Fsp3) is 0.174. The quantitative estimate of drug-likeness (QED) is 0.388. The number of fused-ring (bicyclic) bond motifs is 1. The number of carbonyl (C=O) groups is 1. The molecule has 2 aromatic heterocycles. The summed E-state index contributed by atoms with van der Waals surface area (Å²) in [5, 5.41) is 6.57. The van der Waals surface area contributed by atoms with Gasteiger partial charge in [-0.15, -0.1) is 0 Å². The number of nitrogens with zero attached hydrogens (tertiary/aromatic N) is 3. The maximum absolute atomic E-state index is 12.3. The number of hydrogen-bond acceptors (Lipinski definition) is 7. The van der Waals surface area contributed by atoms with Gasteiger partial charge in [-0.3, -0.25) is 9.20 Å². The Morgan fingerprint density at radius 2 is 1.78 bits per heavy atom. The predicted octanol–water partition coefficient (Wildman–Crippen LogP) is 3.76. The zero-order chi connectivity index (χ0) is 22.7. The Balaban J connectivity index is 1.80. The van der Waals surface area contributed by atoms with Crippen molar-refractivity contribution in [2.75, 3.05) is 24.9 Å². The highest BCUT2D eigenvalue weighted by Crippen LogP contribution is 2.31. The third kappa shape index (κ3) is 4.13. The highest BCUT2D eigenvalue weighted by molar-refractivity contribution is 6.04. The van der Waals surface area contributed by atoms with Gasteiger partial charge < -0.3 is 25.8 Å². The van der Waals surface area contributed by atoms with Gasteiger partial charge in [0.05, 0.1) is 20.3 Å². The van der Waals surface area contributed by atoms with Crippen molar-refractivity contribution < 1.29 is 14.3 Å². The molecule has 4 rings (SSSR count). The van der Waals surface area contributed by atoms with Crippen LogP contribution in [-0.4, -0.2) is 34.5 Å². The number of ether oxygens (including phenoxy) is 2. The van der Waals surface area contributed by atoms with E-state index in [1.165, 1.54) is 0 Å². The van der Waals surface area contributed by atoms with Crippen molar-refractivity contribution in [2.45, 2.75) is 13.0 Å². The minimum Gasteiger partial charge on any atom is -0.497 e. The van der Waals surface area contributed by atoms with E-state index in [2.05, 4.69) is 20.6 Å². The molecule has 0 radical (unpaired) electrons. The van der Waals surface area contributed by atoms with Crippen molar-refractivity contribution in [3.63, 3.8) is 0 Å². The van der Waals surface area contributed by atoms with Gasteiger partial charge in [0.25, 0.3) is 5.91 Å². The molecular formula is C23H24N6O3. The summed E-state index contributed by atoms with van der Waals surface area (Å²) in [6.45, 7) is 2.03. The number of anilines is 3. The van der Waals surface area contributed by atoms with Crippen LogP contribution in [0.2, 0.25) is 0 Å². The number of amides is 1. The number of imidazole rings is 1. The molecule has 0 aliphatic carbocycles. The SMILES string of the molecule is COc1cc(Nc2nc(N[C@@H](C)c3ccccc3)n3ccnc3c2C(N)=O)cc(OC)c1. The smallest absolute Gasteiger partial charge is 0.256 e. The van der Waals surface area contributed by atoms with E-state index in [4.69, 9.17) is 15.2 Å². The molecule has 1 amide bonds. The van der Waals surface area contributed by atoms with E-state index in [0.29, 0.717) is 28.8 Å². The van der Waals surface area contributed by atoms with Crippen molar-refractivity contribution in [3.05, 3.63) is 72.1 Å². The number of benzene rings is 2. The summed E-state index contributed by atoms with van der Waals surface area (Å²) in [4.78, 5) is 21.4. The molecular weight excluding hydrogens is 408 g/mol. The second-order valence-electron chi connectivity index (χ2n) is 7.15. The minimum atomic E-state index is -0.645. The standard InChI is InChI=1S/C23H24N6O3/c1-14(15-7-5-4-6-8-15)26-23-28-21(19(20(24)30)22-25-9-10-29(22)23)27-16-11-17(31-2)13-18(12-16)32-3/h4-14,27H,1-3H3,(H2,24,30)(H,26,28)/t14-/m0/s1. The zero-order valence-corrected chi connectivity index (χ0v) is 18.0. The third-order valence-corrected chi connectivity index (χ3v) is 5.05. The van der Waals surface area contributed by atoms with Gasteiger partial charge in [0.2, 0.25) is 5.95 Å². The Morgan fingerprint density at radius 3 is 2.41 bits per heavy atom. The summed E-state index contributed by atoms with van der Waals surface area (Å²) in [6.07, 6.45) is 3.33. The first-order valence-electron chi connectivity index (χ1n) is 9.98. The summed E-state index contributed by atoms with van der Waals surface area (Å²) in [5.41, 5.74) is 7.99. The second kappa shape index (κ2) is 8.84. The van der Waals surface area contributed by atoms with Crippen LogP contribution in [0.15, 0.2) is 60.9 Å². The van der Waals surface area contributed by atoms with E-state index in [1.807, 2.05) is 37.3 Å². The second-order valence-corrected chi connectivity index (χ2v) is 7.15. The number of nitrogens with two attached hydrogens (primary N) is 1. The van der Waals surface area contributed by atoms with Crippen LogP contribution in [0.4, 0.5) is 17.5 Å². The number of methoxy groups -OCH3 is 2. The molecule has 4 N–H and O–H groups in total. The van der Waals surface area contributed by atoms with Gasteiger partial charge in [0.15, 0.2) is 11.5 Å². The van der Waals surface area contributed by atoms with Crippen LogP contribution < -0.4 is 25.8 Å². The third-order valence-electron chi connectivity index (χ3n) is 5.05. The van der Waals surface area contributed by atoms with Crippen LogP contribution in [0, 0.1) is 0 Å². The molecule has 1 atom stereocenters. The Kier molecular flexibility index (Phi) is 5.80. The Bertz CT molecular complexity index is 1230. The average Bonchev–Trinajstić information content (AvgIpc) is 3.29. The van der Waals surface area contributed by atoms with Gasteiger partial charge >= 0.3 is 0 Å². The monoisotopic (exact) mass is 432 g/mol. The zero-order valence-electron chi connectivity index (χ0n) is 18.0. The molecule has 32 heavy (non-hydrogen) atoms. The molecule has 4 aromatic rings. The normalized spacial score (nSPS) is 11.7. The lowest BCUT2D eigenvalue weighted by molar-refractivity contribution is 0.100. The molecule has 9 heteroatoms. The van der Waals surface area contributed by atoms with Crippen LogP contribution in [-0.2, 0) is 0 Å². The van der Waals surface area contributed by atoms with Gasteiger partial charge in [-0.2, -0.15) is 4.98 Å². The molecule has 0 unspecified atom stereocenters. The highest BCUT2D eigenvalue weighted by Gasteiger charge is 2.21. The molecule has 0 aliphatic rings. The van der Waals surface area contributed by atoms with Crippen molar-refractivity contribution in [1.82, 2.24) is 14.4 Å². The van der Waals surface area contributed by atoms with E-state index >= 15 is 0 Å². The molecule has 0 saturated carbocycles. The number of aromatic nitrogens is 3. The average molecular weight is 432 g/mol. The van der Waals surface area contributed by atoms with Gasteiger partial charge in [-0.1, -0.05) is 30.3 Å². The number of rotatable bonds is 8. The summed E-state index contributed by atoms with van der Waals surface area (Å²) in [6, 6.07) is 15.2. The maximum Gasteiger partial charge on any atom is 0.256 e. The number of hydrogen-bond donors (Lipinski definition) is 3. The summed E-state index contributed by atoms with van der Waals surface area (Å²) >= 11 is 0. The fourth-order valence-electron chi connectivity index (χ4n) is 3.44. The van der Waals surface area contributed by atoms with Gasteiger partial charge in [0.1, 0.15) is 17.1 Å². The number of primary amides is 1. The van der Waals surface area contributed by atoms with Crippen LogP contribution in [0.25, 0.3) is 5.65 Å². The molecule has 2 heterocycles. The first-order valence-corrected chi connectivity index (χ1v) is 9.98. The van der Waals surface area contributed by atoms with Gasteiger partial charge in [-0.25, -0.2) is 4.98 Å². The Hall–Kier alpha value is -4.27. The predicted molar refractivity (Wildman–Crippen MR) is 123 cm³/mol. The van der Waals surface area contributed by atoms with Gasteiger partial charge in [-0.05, 0) is 12.5 Å². The lowest BCUT2D eigenvalue weighted by Crippen LogP contribution is -2.19. The molecule has 9 nitrogen and oxygen atoms in total. The van der Waals surface area contributed by atoms with Crippen LogP contribution in [0.3, 0.4) is 0 Å². The molecule has 2 aromatic carbocycles. The summed E-state index contributed by atoms with van der Waals surface area (Å²) < 4.78 is 12.4.